The summed E-state index contributed by atoms with van der Waals surface area (Å²) in [5.74, 6) is 0. The zero-order valence-corrected chi connectivity index (χ0v) is 11.9. The minimum Gasteiger partial charge on any atom is -0.394 e. The Hall–Kier alpha value is -0.990. The number of aliphatic hydroxyl groups excluding tert-OH is 2. The van der Waals surface area contributed by atoms with E-state index in [0.717, 1.165) is 5.56 Å². The molecule has 0 bridgehead atoms. The van der Waals surface area contributed by atoms with E-state index < -0.39 is 28.4 Å². The van der Waals surface area contributed by atoms with Gasteiger partial charge in [-0.2, -0.15) is 8.42 Å². The van der Waals surface area contributed by atoms with Gasteiger partial charge >= 0.3 is 0 Å². The van der Waals surface area contributed by atoms with Gasteiger partial charge in [0, 0.05) is 0 Å². The third kappa shape index (κ3) is 7.24. The summed E-state index contributed by atoms with van der Waals surface area (Å²) in [6, 6.07) is 5.99. The predicted molar refractivity (Wildman–Crippen MR) is 70.4 cm³/mol. The van der Waals surface area contributed by atoms with Crippen molar-refractivity contribution in [3.8, 4) is 0 Å². The molecular formula is C12H20O6S. The van der Waals surface area contributed by atoms with Crippen LogP contribution in [-0.4, -0.2) is 46.6 Å². The van der Waals surface area contributed by atoms with E-state index in [1.807, 2.05) is 6.92 Å². The topological polar surface area (TPSA) is 115 Å². The molecule has 0 radical (unpaired) electrons. The fourth-order valence-electron chi connectivity index (χ4n) is 0.934. The van der Waals surface area contributed by atoms with Crippen molar-refractivity contribution in [2.45, 2.75) is 37.4 Å². The zero-order chi connectivity index (χ0) is 15.3. The van der Waals surface area contributed by atoms with Gasteiger partial charge in [-0.3, -0.25) is 4.55 Å². The number of hydrogen-bond acceptors (Lipinski definition) is 5. The summed E-state index contributed by atoms with van der Waals surface area (Å²) in [5, 5.41) is 25.8. The first kappa shape index (κ1) is 18.0. The van der Waals surface area contributed by atoms with Crippen LogP contribution >= 0.6 is 0 Å². The molecule has 0 aromatic heterocycles. The number of hydrogen-bond donors (Lipinski definition) is 4. The van der Waals surface area contributed by atoms with Crippen molar-refractivity contribution in [1.29, 1.82) is 0 Å². The first-order valence-corrected chi connectivity index (χ1v) is 6.98. The highest BCUT2D eigenvalue weighted by Crippen LogP contribution is 2.08. The first-order valence-electron chi connectivity index (χ1n) is 5.54. The number of aryl methyl sites for hydroxylation is 1. The highest BCUT2D eigenvalue weighted by Gasteiger charge is 2.22. The van der Waals surface area contributed by atoms with E-state index in [2.05, 4.69) is 0 Å². The smallest absolute Gasteiger partial charge is 0.294 e. The maximum atomic E-state index is 10.5. The molecule has 0 aliphatic carbocycles. The molecule has 4 N–H and O–H groups in total. The molecule has 0 saturated carbocycles. The van der Waals surface area contributed by atoms with Gasteiger partial charge in [0.1, 0.15) is 6.10 Å². The largest absolute Gasteiger partial charge is 0.394 e. The SMILES string of the molecule is CC(C)(O)C(O)CO.Cc1ccc(S(=O)(=O)O)cc1. The molecule has 1 atom stereocenters. The van der Waals surface area contributed by atoms with Crippen molar-refractivity contribution in [2.75, 3.05) is 6.61 Å². The standard InChI is InChI=1S/C7H8O3S.C5H12O3/c1-6-2-4-7(5-3-6)11(8,9)10;1-5(2,8)4(7)3-6/h2-5H,1H3,(H,8,9,10);4,6-8H,3H2,1-2H3. The van der Waals surface area contributed by atoms with E-state index in [1.165, 1.54) is 26.0 Å². The van der Waals surface area contributed by atoms with Gasteiger partial charge in [-0.05, 0) is 32.9 Å². The fraction of sp³-hybridized carbons (Fsp3) is 0.500. The molecular weight excluding hydrogens is 272 g/mol. The maximum absolute atomic E-state index is 10.5. The Morgan fingerprint density at radius 2 is 1.63 bits per heavy atom. The van der Waals surface area contributed by atoms with Gasteiger partial charge in [-0.1, -0.05) is 17.7 Å². The third-order valence-electron chi connectivity index (χ3n) is 2.31. The Balaban J connectivity index is 0.000000362. The highest BCUT2D eigenvalue weighted by atomic mass is 32.2. The van der Waals surface area contributed by atoms with Crippen molar-refractivity contribution < 1.29 is 28.3 Å². The Morgan fingerprint density at radius 1 is 1.21 bits per heavy atom. The van der Waals surface area contributed by atoms with E-state index in [4.69, 9.17) is 19.9 Å². The molecule has 0 heterocycles. The quantitative estimate of drug-likeness (QED) is 0.598. The summed E-state index contributed by atoms with van der Waals surface area (Å²) in [4.78, 5) is -0.0666. The summed E-state index contributed by atoms with van der Waals surface area (Å²) in [5.41, 5.74) is -0.230. The van der Waals surface area contributed by atoms with Crippen LogP contribution in [0.25, 0.3) is 0 Å². The zero-order valence-electron chi connectivity index (χ0n) is 11.1. The van der Waals surface area contributed by atoms with Gasteiger partial charge in [0.05, 0.1) is 17.1 Å². The lowest BCUT2D eigenvalue weighted by Gasteiger charge is -2.21. The fourth-order valence-corrected chi connectivity index (χ4v) is 1.41. The molecule has 1 aromatic rings. The molecule has 0 saturated heterocycles. The number of aliphatic hydroxyl groups is 3. The molecule has 19 heavy (non-hydrogen) atoms. The Labute approximate surface area is 113 Å². The van der Waals surface area contributed by atoms with E-state index in [0.29, 0.717) is 0 Å². The third-order valence-corrected chi connectivity index (χ3v) is 3.18. The van der Waals surface area contributed by atoms with E-state index in [1.54, 1.807) is 12.1 Å². The van der Waals surface area contributed by atoms with Gasteiger partial charge in [0.2, 0.25) is 0 Å². The lowest BCUT2D eigenvalue weighted by Crippen LogP contribution is -2.38. The summed E-state index contributed by atoms with van der Waals surface area (Å²) in [6.07, 6.45) is -1.04. The normalized spacial score (nSPS) is 13.4. The molecule has 0 fully saturated rings. The van der Waals surface area contributed by atoms with Crippen molar-refractivity contribution in [3.05, 3.63) is 29.8 Å². The molecule has 1 rings (SSSR count). The maximum Gasteiger partial charge on any atom is 0.294 e. The molecule has 0 aliphatic rings. The van der Waals surface area contributed by atoms with Crippen molar-refractivity contribution >= 4 is 10.1 Å². The predicted octanol–water partition coefficient (Wildman–Crippen LogP) is 0.352. The second kappa shape index (κ2) is 6.97. The van der Waals surface area contributed by atoms with Crippen molar-refractivity contribution in [1.82, 2.24) is 0 Å². The Kier molecular flexibility index (Phi) is 6.61. The van der Waals surface area contributed by atoms with Crippen LogP contribution in [0.2, 0.25) is 0 Å². The molecule has 0 amide bonds. The molecule has 0 aliphatic heterocycles. The lowest BCUT2D eigenvalue weighted by atomic mass is 10.0. The molecule has 1 unspecified atom stereocenters. The minimum absolute atomic E-state index is 0.0666. The van der Waals surface area contributed by atoms with E-state index >= 15 is 0 Å². The van der Waals surface area contributed by atoms with Crippen LogP contribution in [0.15, 0.2) is 29.2 Å². The monoisotopic (exact) mass is 292 g/mol. The van der Waals surface area contributed by atoms with Gasteiger partial charge in [-0.15, -0.1) is 0 Å². The van der Waals surface area contributed by atoms with Crippen LogP contribution in [-0.2, 0) is 10.1 Å². The molecule has 7 heteroatoms. The van der Waals surface area contributed by atoms with Crippen molar-refractivity contribution in [3.63, 3.8) is 0 Å². The van der Waals surface area contributed by atoms with Gasteiger partial charge in [-0.25, -0.2) is 0 Å². The van der Waals surface area contributed by atoms with Crippen LogP contribution in [0.3, 0.4) is 0 Å². The van der Waals surface area contributed by atoms with Crippen LogP contribution in [0.5, 0.6) is 0 Å². The molecule has 0 spiro atoms. The van der Waals surface area contributed by atoms with Gasteiger partial charge < -0.3 is 15.3 Å². The second-order valence-corrected chi connectivity index (χ2v) is 6.06. The first-order chi connectivity index (χ1) is 8.48. The van der Waals surface area contributed by atoms with Crippen LogP contribution < -0.4 is 0 Å². The molecule has 1 aromatic carbocycles. The van der Waals surface area contributed by atoms with Gasteiger partial charge in [0.15, 0.2) is 0 Å². The Morgan fingerprint density at radius 3 is 1.84 bits per heavy atom. The molecule has 6 nitrogen and oxygen atoms in total. The van der Waals surface area contributed by atoms with Gasteiger partial charge in [0.25, 0.3) is 10.1 Å². The lowest BCUT2D eigenvalue weighted by molar-refractivity contribution is -0.0707. The second-order valence-electron chi connectivity index (χ2n) is 4.64. The average molecular weight is 292 g/mol. The summed E-state index contributed by atoms with van der Waals surface area (Å²) in [6.45, 7) is 4.32. The van der Waals surface area contributed by atoms with Crippen molar-refractivity contribution in [2.24, 2.45) is 0 Å². The highest BCUT2D eigenvalue weighted by molar-refractivity contribution is 7.85. The van der Waals surface area contributed by atoms with E-state index in [9.17, 15) is 8.42 Å². The number of benzene rings is 1. The van der Waals surface area contributed by atoms with Crippen LogP contribution in [0.4, 0.5) is 0 Å². The van der Waals surface area contributed by atoms with E-state index in [-0.39, 0.29) is 4.90 Å². The molecule has 110 valence electrons. The average Bonchev–Trinajstić information content (AvgIpc) is 2.27. The summed E-state index contributed by atoms with van der Waals surface area (Å²) >= 11 is 0. The number of rotatable bonds is 3. The van der Waals surface area contributed by atoms with Crippen LogP contribution in [0.1, 0.15) is 19.4 Å². The summed E-state index contributed by atoms with van der Waals surface area (Å²) in [7, 11) is -4.02. The Bertz CT molecular complexity index is 472. The summed E-state index contributed by atoms with van der Waals surface area (Å²) < 4.78 is 29.6. The minimum atomic E-state index is -4.02. The van der Waals surface area contributed by atoms with Crippen LogP contribution in [0, 0.1) is 6.92 Å².